The van der Waals surface area contributed by atoms with Crippen molar-refractivity contribution in [1.82, 2.24) is 4.90 Å². The Bertz CT molecular complexity index is 458. The minimum atomic E-state index is -0.439. The lowest BCUT2D eigenvalue weighted by atomic mass is 10.1. The zero-order valence-corrected chi connectivity index (χ0v) is 11.6. The summed E-state index contributed by atoms with van der Waals surface area (Å²) in [5, 5.41) is 0. The molecule has 0 aromatic heterocycles. The van der Waals surface area contributed by atoms with Gasteiger partial charge in [0.05, 0.1) is 7.11 Å². The second-order valence-corrected chi connectivity index (χ2v) is 5.10. The van der Waals surface area contributed by atoms with Crippen LogP contribution in [0.1, 0.15) is 23.2 Å². The van der Waals surface area contributed by atoms with Gasteiger partial charge in [0.25, 0.3) is 5.91 Å². The second kappa shape index (κ2) is 5.52. The molecule has 1 heterocycles. The topological polar surface area (TPSA) is 46.6 Å². The molecule has 0 saturated carbocycles. The fourth-order valence-corrected chi connectivity index (χ4v) is 2.41. The molecule has 2 rings (SSSR count). The summed E-state index contributed by atoms with van der Waals surface area (Å²) in [5.74, 6) is -0.451. The molecular formula is C13H14BrNO3. The number of likely N-dealkylation sites (tertiary alicyclic amines) is 1. The van der Waals surface area contributed by atoms with Crippen molar-refractivity contribution in [3.63, 3.8) is 0 Å². The summed E-state index contributed by atoms with van der Waals surface area (Å²) in [6, 6.07) is 6.69. The summed E-state index contributed by atoms with van der Waals surface area (Å²) < 4.78 is 5.65. The molecule has 1 atom stereocenters. The van der Waals surface area contributed by atoms with Crippen LogP contribution in [0.2, 0.25) is 0 Å². The van der Waals surface area contributed by atoms with Gasteiger partial charge in [0.1, 0.15) is 6.04 Å². The first-order valence-electron chi connectivity index (χ1n) is 5.78. The number of hydrogen-bond acceptors (Lipinski definition) is 3. The molecule has 1 fully saturated rings. The van der Waals surface area contributed by atoms with Crippen LogP contribution < -0.4 is 0 Å². The summed E-state index contributed by atoms with van der Waals surface area (Å²) in [4.78, 5) is 25.5. The van der Waals surface area contributed by atoms with E-state index in [2.05, 4.69) is 15.9 Å². The van der Waals surface area contributed by atoms with Gasteiger partial charge in [0.2, 0.25) is 0 Å². The van der Waals surface area contributed by atoms with Crippen molar-refractivity contribution in [2.75, 3.05) is 13.7 Å². The molecule has 1 aromatic rings. The lowest BCUT2D eigenvalue weighted by Crippen LogP contribution is -2.41. The number of esters is 1. The highest BCUT2D eigenvalue weighted by Gasteiger charge is 2.35. The van der Waals surface area contributed by atoms with E-state index in [0.29, 0.717) is 18.5 Å². The maximum atomic E-state index is 12.3. The van der Waals surface area contributed by atoms with Gasteiger partial charge in [-0.2, -0.15) is 0 Å². The maximum Gasteiger partial charge on any atom is 0.328 e. The summed E-state index contributed by atoms with van der Waals surface area (Å²) in [6.07, 6.45) is 1.51. The first-order chi connectivity index (χ1) is 8.63. The normalized spacial score (nSPS) is 18.8. The van der Waals surface area contributed by atoms with Gasteiger partial charge < -0.3 is 9.64 Å². The molecule has 0 bridgehead atoms. The molecule has 1 aromatic carbocycles. The molecule has 0 unspecified atom stereocenters. The van der Waals surface area contributed by atoms with Gasteiger partial charge in [-0.1, -0.05) is 15.9 Å². The van der Waals surface area contributed by atoms with Crippen LogP contribution in [0.15, 0.2) is 28.7 Å². The van der Waals surface area contributed by atoms with Gasteiger partial charge in [-0.05, 0) is 37.1 Å². The molecule has 4 nitrogen and oxygen atoms in total. The van der Waals surface area contributed by atoms with E-state index < -0.39 is 6.04 Å². The third-order valence-electron chi connectivity index (χ3n) is 3.08. The number of ether oxygens (including phenoxy) is 1. The van der Waals surface area contributed by atoms with Crippen LogP contribution in [-0.4, -0.2) is 36.5 Å². The SMILES string of the molecule is COC(=O)[C@@H]1CCCN1C(=O)c1ccc(Br)cc1. The molecule has 1 aliphatic rings. The van der Waals surface area contributed by atoms with Crippen LogP contribution in [-0.2, 0) is 9.53 Å². The molecule has 18 heavy (non-hydrogen) atoms. The number of amides is 1. The maximum absolute atomic E-state index is 12.3. The Hall–Kier alpha value is -1.36. The molecule has 0 radical (unpaired) electrons. The van der Waals surface area contributed by atoms with Crippen LogP contribution in [0.25, 0.3) is 0 Å². The molecule has 1 saturated heterocycles. The Kier molecular flexibility index (Phi) is 4.01. The molecule has 1 aliphatic heterocycles. The van der Waals surface area contributed by atoms with E-state index in [0.717, 1.165) is 10.9 Å². The van der Waals surface area contributed by atoms with Crippen molar-refractivity contribution in [3.05, 3.63) is 34.3 Å². The van der Waals surface area contributed by atoms with Gasteiger partial charge >= 0.3 is 5.97 Å². The Labute approximate surface area is 114 Å². The molecular weight excluding hydrogens is 298 g/mol. The Morgan fingerprint density at radius 1 is 1.33 bits per heavy atom. The third kappa shape index (κ3) is 2.56. The van der Waals surface area contributed by atoms with E-state index >= 15 is 0 Å². The molecule has 1 amide bonds. The average Bonchev–Trinajstić information content (AvgIpc) is 2.87. The van der Waals surface area contributed by atoms with E-state index in [1.807, 2.05) is 12.1 Å². The van der Waals surface area contributed by atoms with Crippen LogP contribution in [0.5, 0.6) is 0 Å². The number of carbonyl (C=O) groups excluding carboxylic acids is 2. The third-order valence-corrected chi connectivity index (χ3v) is 3.61. The van der Waals surface area contributed by atoms with Crippen LogP contribution in [0.3, 0.4) is 0 Å². The minimum Gasteiger partial charge on any atom is -0.467 e. The number of rotatable bonds is 2. The lowest BCUT2D eigenvalue weighted by Gasteiger charge is -2.22. The van der Waals surface area contributed by atoms with E-state index in [-0.39, 0.29) is 11.9 Å². The van der Waals surface area contributed by atoms with Crippen molar-refractivity contribution in [2.24, 2.45) is 0 Å². The summed E-state index contributed by atoms with van der Waals surface area (Å²) in [7, 11) is 1.35. The van der Waals surface area contributed by atoms with Crippen LogP contribution in [0, 0.1) is 0 Å². The number of carbonyl (C=O) groups is 2. The number of benzene rings is 1. The van der Waals surface area contributed by atoms with Crippen molar-refractivity contribution < 1.29 is 14.3 Å². The van der Waals surface area contributed by atoms with Gasteiger partial charge in [-0.3, -0.25) is 4.79 Å². The van der Waals surface area contributed by atoms with Crippen molar-refractivity contribution in [3.8, 4) is 0 Å². The van der Waals surface area contributed by atoms with E-state index in [4.69, 9.17) is 4.74 Å². The highest BCUT2D eigenvalue weighted by molar-refractivity contribution is 9.10. The number of halogens is 1. The van der Waals surface area contributed by atoms with E-state index in [9.17, 15) is 9.59 Å². The summed E-state index contributed by atoms with van der Waals surface area (Å²) >= 11 is 3.33. The van der Waals surface area contributed by atoms with Gasteiger partial charge in [0, 0.05) is 16.6 Å². The highest BCUT2D eigenvalue weighted by Crippen LogP contribution is 2.21. The quantitative estimate of drug-likeness (QED) is 0.787. The Morgan fingerprint density at radius 2 is 2.00 bits per heavy atom. The van der Waals surface area contributed by atoms with Crippen LogP contribution in [0.4, 0.5) is 0 Å². The fraction of sp³-hybridized carbons (Fsp3) is 0.385. The van der Waals surface area contributed by atoms with Crippen molar-refractivity contribution in [1.29, 1.82) is 0 Å². The van der Waals surface area contributed by atoms with E-state index in [1.165, 1.54) is 7.11 Å². The predicted octanol–water partition coefficient (Wildman–Crippen LogP) is 2.23. The van der Waals surface area contributed by atoms with Gasteiger partial charge in [0.15, 0.2) is 0 Å². The highest BCUT2D eigenvalue weighted by atomic mass is 79.9. The lowest BCUT2D eigenvalue weighted by molar-refractivity contribution is -0.145. The largest absolute Gasteiger partial charge is 0.467 e. The number of nitrogens with zero attached hydrogens (tertiary/aromatic N) is 1. The van der Waals surface area contributed by atoms with Crippen molar-refractivity contribution in [2.45, 2.75) is 18.9 Å². The molecule has 0 aliphatic carbocycles. The second-order valence-electron chi connectivity index (χ2n) is 4.19. The number of methoxy groups -OCH3 is 1. The first kappa shape index (κ1) is 13.1. The Balaban J connectivity index is 2.17. The monoisotopic (exact) mass is 311 g/mol. The van der Waals surface area contributed by atoms with Gasteiger partial charge in [-0.15, -0.1) is 0 Å². The Morgan fingerprint density at radius 3 is 2.61 bits per heavy atom. The number of hydrogen-bond donors (Lipinski definition) is 0. The molecule has 0 N–H and O–H groups in total. The van der Waals surface area contributed by atoms with E-state index in [1.54, 1.807) is 17.0 Å². The average molecular weight is 312 g/mol. The van der Waals surface area contributed by atoms with Crippen LogP contribution >= 0.6 is 15.9 Å². The fourth-order valence-electron chi connectivity index (χ4n) is 2.15. The molecule has 0 spiro atoms. The molecule has 96 valence electrons. The summed E-state index contributed by atoms with van der Waals surface area (Å²) in [5.41, 5.74) is 0.592. The first-order valence-corrected chi connectivity index (χ1v) is 6.57. The smallest absolute Gasteiger partial charge is 0.328 e. The predicted molar refractivity (Wildman–Crippen MR) is 70.2 cm³/mol. The minimum absolute atomic E-state index is 0.115. The summed E-state index contributed by atoms with van der Waals surface area (Å²) in [6.45, 7) is 0.606. The standard InChI is InChI=1S/C13H14BrNO3/c1-18-13(17)11-3-2-8-15(11)12(16)9-4-6-10(14)7-5-9/h4-7,11H,2-3,8H2,1H3/t11-/m0/s1. The van der Waals surface area contributed by atoms with Gasteiger partial charge in [-0.25, -0.2) is 4.79 Å². The zero-order chi connectivity index (χ0) is 13.1. The van der Waals surface area contributed by atoms with Crippen molar-refractivity contribution >= 4 is 27.8 Å². The molecule has 5 heteroatoms. The zero-order valence-electron chi connectivity index (χ0n) is 10.1.